The molecule has 2 N–H and O–H groups in total. The summed E-state index contributed by atoms with van der Waals surface area (Å²) in [6.45, 7) is 2.94. The second-order valence-corrected chi connectivity index (χ2v) is 7.49. The van der Waals surface area contributed by atoms with E-state index in [1.54, 1.807) is 6.07 Å². The van der Waals surface area contributed by atoms with Gasteiger partial charge in [-0.3, -0.25) is 4.90 Å². The number of benzene rings is 1. The van der Waals surface area contributed by atoms with Crippen molar-refractivity contribution in [1.29, 1.82) is 0 Å². The zero-order valence-electron chi connectivity index (χ0n) is 13.4. The number of hydrogen-bond acceptors (Lipinski definition) is 4. The molecular formula is C16H18BrCl2F3N2OS. The summed E-state index contributed by atoms with van der Waals surface area (Å²) in [5.41, 5.74) is -0.732. The molecule has 1 aromatic carbocycles. The number of piperazine rings is 1. The quantitative estimate of drug-likeness (QED) is 0.626. The molecule has 26 heavy (non-hydrogen) atoms. The van der Waals surface area contributed by atoms with Crippen LogP contribution < -0.4 is 5.32 Å². The van der Waals surface area contributed by atoms with Gasteiger partial charge in [0.05, 0.1) is 11.6 Å². The molecule has 0 radical (unpaired) electrons. The molecule has 146 valence electrons. The first kappa shape index (κ1) is 23.5. The predicted molar refractivity (Wildman–Crippen MR) is 106 cm³/mol. The molecule has 10 heteroatoms. The fourth-order valence-electron chi connectivity index (χ4n) is 2.96. The molecular weight excluding hydrogens is 476 g/mol. The van der Waals surface area contributed by atoms with Gasteiger partial charge in [0.1, 0.15) is 5.75 Å². The van der Waals surface area contributed by atoms with Gasteiger partial charge in [-0.2, -0.15) is 13.2 Å². The maximum absolute atomic E-state index is 13.3. The highest BCUT2D eigenvalue weighted by molar-refractivity contribution is 9.10. The molecule has 0 bridgehead atoms. The standard InChI is InChI=1S/C16H16BrF3N2OS.2ClH/c17-10-8-11(15(23)12(9-10)16(18,19)20)14(13-2-1-7-24-13)22-5-3-21-4-6-22;;/h1-2,7-9,14,21,23H,3-6H2;2*1H/t14-;;/m1../s1. The first-order valence-electron chi connectivity index (χ1n) is 7.45. The molecule has 0 unspecified atom stereocenters. The number of aromatic hydroxyl groups is 1. The minimum atomic E-state index is -4.61. The predicted octanol–water partition coefficient (Wildman–Crippen LogP) is 5.07. The zero-order chi connectivity index (χ0) is 17.3. The Morgan fingerprint density at radius 2 is 1.85 bits per heavy atom. The maximum atomic E-state index is 13.3. The van der Waals surface area contributed by atoms with E-state index in [0.717, 1.165) is 24.0 Å². The highest BCUT2D eigenvalue weighted by atomic mass is 79.9. The van der Waals surface area contributed by atoms with Gasteiger partial charge in [0.2, 0.25) is 0 Å². The summed E-state index contributed by atoms with van der Waals surface area (Å²) < 4.78 is 40.1. The minimum Gasteiger partial charge on any atom is -0.507 e. The number of alkyl halides is 3. The van der Waals surface area contributed by atoms with Gasteiger partial charge in [-0.1, -0.05) is 22.0 Å². The van der Waals surface area contributed by atoms with E-state index in [4.69, 9.17) is 0 Å². The molecule has 0 amide bonds. The third kappa shape index (κ3) is 5.05. The molecule has 0 aliphatic carbocycles. The Morgan fingerprint density at radius 1 is 1.19 bits per heavy atom. The Bertz CT molecular complexity index is 710. The van der Waals surface area contributed by atoms with Crippen LogP contribution in [0.2, 0.25) is 0 Å². The Labute approximate surface area is 174 Å². The van der Waals surface area contributed by atoms with Gasteiger partial charge >= 0.3 is 6.18 Å². The minimum absolute atomic E-state index is 0. The molecule has 1 saturated heterocycles. The average Bonchev–Trinajstić information content (AvgIpc) is 3.04. The summed E-state index contributed by atoms with van der Waals surface area (Å²) in [6.07, 6.45) is -4.61. The first-order chi connectivity index (χ1) is 11.4. The Kier molecular flexibility index (Phi) is 8.70. The molecule has 3 nitrogen and oxygen atoms in total. The number of rotatable bonds is 3. The van der Waals surface area contributed by atoms with Crippen LogP contribution in [-0.2, 0) is 6.18 Å². The number of halogens is 6. The smallest absolute Gasteiger partial charge is 0.420 e. The van der Waals surface area contributed by atoms with E-state index in [1.165, 1.54) is 11.3 Å². The molecule has 1 aliphatic rings. The Hall–Kier alpha value is -0.510. The summed E-state index contributed by atoms with van der Waals surface area (Å²) >= 11 is 4.63. The lowest BCUT2D eigenvalue weighted by atomic mass is 9.98. The number of hydrogen-bond donors (Lipinski definition) is 2. The van der Waals surface area contributed by atoms with Gasteiger partial charge in [0.15, 0.2) is 0 Å². The van der Waals surface area contributed by atoms with E-state index >= 15 is 0 Å². The van der Waals surface area contributed by atoms with E-state index in [1.807, 2.05) is 17.5 Å². The SMILES string of the molecule is Cl.Cl.Oc1c([C@H](c2cccs2)N2CCNCC2)cc(Br)cc1C(F)(F)F. The molecule has 2 aromatic rings. The molecule has 1 fully saturated rings. The summed E-state index contributed by atoms with van der Waals surface area (Å²) in [6, 6.07) is 5.87. The normalized spacial score (nSPS) is 16.5. The molecule has 3 rings (SSSR count). The van der Waals surface area contributed by atoms with Crippen molar-refractivity contribution in [1.82, 2.24) is 10.2 Å². The van der Waals surface area contributed by atoms with Crippen LogP contribution in [0.5, 0.6) is 5.75 Å². The lowest BCUT2D eigenvalue weighted by Gasteiger charge is -2.35. The maximum Gasteiger partial charge on any atom is 0.420 e. The third-order valence-electron chi connectivity index (χ3n) is 4.03. The Morgan fingerprint density at radius 3 is 2.38 bits per heavy atom. The number of phenolic OH excluding ortho intramolecular Hbond substituents is 1. The fourth-order valence-corrected chi connectivity index (χ4v) is 4.31. The van der Waals surface area contributed by atoms with Crippen LogP contribution in [0.1, 0.15) is 22.0 Å². The lowest BCUT2D eigenvalue weighted by molar-refractivity contribution is -0.138. The largest absolute Gasteiger partial charge is 0.507 e. The third-order valence-corrected chi connectivity index (χ3v) is 5.42. The van der Waals surface area contributed by atoms with Crippen molar-refractivity contribution >= 4 is 52.1 Å². The van der Waals surface area contributed by atoms with E-state index < -0.39 is 23.5 Å². The molecule has 0 spiro atoms. The number of nitrogens with zero attached hydrogens (tertiary/aromatic N) is 1. The monoisotopic (exact) mass is 492 g/mol. The van der Waals surface area contributed by atoms with Crippen LogP contribution in [0.4, 0.5) is 13.2 Å². The van der Waals surface area contributed by atoms with Crippen LogP contribution in [0.3, 0.4) is 0 Å². The summed E-state index contributed by atoms with van der Waals surface area (Å²) in [5, 5.41) is 15.5. The number of thiophene rings is 1. The molecule has 2 heterocycles. The van der Waals surface area contributed by atoms with Gasteiger partial charge < -0.3 is 10.4 Å². The highest BCUT2D eigenvalue weighted by Gasteiger charge is 2.37. The van der Waals surface area contributed by atoms with Crippen molar-refractivity contribution < 1.29 is 18.3 Å². The second-order valence-electron chi connectivity index (χ2n) is 5.59. The fraction of sp³-hybridized carbons (Fsp3) is 0.375. The van der Waals surface area contributed by atoms with Crippen LogP contribution in [0, 0.1) is 0 Å². The number of phenols is 1. The summed E-state index contributed by atoms with van der Waals surface area (Å²) in [5.74, 6) is -0.692. The van der Waals surface area contributed by atoms with Crippen LogP contribution in [-0.4, -0.2) is 36.2 Å². The highest BCUT2D eigenvalue weighted by Crippen LogP contribution is 2.44. The van der Waals surface area contributed by atoms with Crippen molar-refractivity contribution in [3.63, 3.8) is 0 Å². The van der Waals surface area contributed by atoms with Gasteiger partial charge in [0, 0.05) is 41.1 Å². The number of nitrogens with one attached hydrogen (secondary N) is 1. The molecule has 0 saturated carbocycles. The van der Waals surface area contributed by atoms with Gasteiger partial charge in [-0.25, -0.2) is 0 Å². The van der Waals surface area contributed by atoms with Crippen molar-refractivity contribution in [2.45, 2.75) is 12.2 Å². The summed E-state index contributed by atoms with van der Waals surface area (Å²) in [4.78, 5) is 3.02. The first-order valence-corrected chi connectivity index (χ1v) is 9.13. The average molecular weight is 494 g/mol. The van der Waals surface area contributed by atoms with Crippen molar-refractivity contribution in [3.8, 4) is 5.75 Å². The van der Waals surface area contributed by atoms with E-state index in [0.29, 0.717) is 17.6 Å². The van der Waals surface area contributed by atoms with Gasteiger partial charge in [0.25, 0.3) is 0 Å². The van der Waals surface area contributed by atoms with Gasteiger partial charge in [-0.05, 0) is 23.6 Å². The van der Waals surface area contributed by atoms with Crippen LogP contribution >= 0.6 is 52.1 Å². The van der Waals surface area contributed by atoms with Crippen molar-refractivity contribution in [3.05, 3.63) is 50.1 Å². The van der Waals surface area contributed by atoms with Crippen LogP contribution in [0.15, 0.2) is 34.1 Å². The molecule has 1 aromatic heterocycles. The van der Waals surface area contributed by atoms with E-state index in [-0.39, 0.29) is 30.4 Å². The zero-order valence-corrected chi connectivity index (χ0v) is 17.5. The van der Waals surface area contributed by atoms with Gasteiger partial charge in [-0.15, -0.1) is 36.2 Å². The van der Waals surface area contributed by atoms with E-state index in [9.17, 15) is 18.3 Å². The molecule has 1 aliphatic heterocycles. The van der Waals surface area contributed by atoms with E-state index in [2.05, 4.69) is 26.1 Å². The summed E-state index contributed by atoms with van der Waals surface area (Å²) in [7, 11) is 0. The van der Waals surface area contributed by atoms with Crippen LogP contribution in [0.25, 0.3) is 0 Å². The van der Waals surface area contributed by atoms with Crippen molar-refractivity contribution in [2.75, 3.05) is 26.2 Å². The topological polar surface area (TPSA) is 35.5 Å². The molecule has 1 atom stereocenters. The lowest BCUT2D eigenvalue weighted by Crippen LogP contribution is -2.45. The second kappa shape index (κ2) is 9.61. The van der Waals surface area contributed by atoms with Crippen molar-refractivity contribution in [2.24, 2.45) is 0 Å². The Balaban J connectivity index is 0.00000169.